The third-order valence-corrected chi connectivity index (χ3v) is 9.09. The number of hydrogen-bond donors (Lipinski definition) is 0. The number of alkyl halides is 3. The zero-order valence-corrected chi connectivity index (χ0v) is 28.5. The number of allylic oxidation sites excluding steroid dienone is 3. The van der Waals surface area contributed by atoms with Crippen molar-refractivity contribution in [3.8, 4) is 11.1 Å². The Kier molecular flexibility index (Phi) is 11.5. The molecule has 10 heteroatoms. The first kappa shape index (κ1) is 36.5. The van der Waals surface area contributed by atoms with Crippen molar-refractivity contribution in [1.82, 2.24) is 14.8 Å². The second-order valence-corrected chi connectivity index (χ2v) is 12.4. The van der Waals surface area contributed by atoms with Crippen LogP contribution in [0.3, 0.4) is 0 Å². The Morgan fingerprint density at radius 1 is 0.860 bits per heavy atom. The van der Waals surface area contributed by atoms with E-state index in [9.17, 15) is 26.7 Å². The number of rotatable bonds is 13. The number of carbonyl (C=O) groups excluding carboxylic acids is 1. The van der Waals surface area contributed by atoms with Crippen LogP contribution < -0.4 is 4.90 Å². The van der Waals surface area contributed by atoms with Crippen LogP contribution in [0.25, 0.3) is 16.7 Å². The minimum absolute atomic E-state index is 0.0317. The molecule has 0 unspecified atom stereocenters. The summed E-state index contributed by atoms with van der Waals surface area (Å²) in [6.07, 6.45) is -1.99. The molecule has 0 spiro atoms. The van der Waals surface area contributed by atoms with E-state index in [0.29, 0.717) is 37.4 Å². The van der Waals surface area contributed by atoms with Gasteiger partial charge in [0.15, 0.2) is 11.6 Å². The molecule has 262 valence electrons. The van der Waals surface area contributed by atoms with Crippen molar-refractivity contribution in [3.63, 3.8) is 0 Å². The van der Waals surface area contributed by atoms with Crippen molar-refractivity contribution in [2.45, 2.75) is 46.3 Å². The lowest BCUT2D eigenvalue weighted by atomic mass is 9.98. The van der Waals surface area contributed by atoms with Gasteiger partial charge < -0.3 is 14.7 Å². The van der Waals surface area contributed by atoms with Crippen LogP contribution in [0.2, 0.25) is 0 Å². The van der Waals surface area contributed by atoms with Crippen molar-refractivity contribution in [3.05, 3.63) is 137 Å². The Balaban J connectivity index is 1.40. The topological polar surface area (TPSA) is 39.7 Å². The van der Waals surface area contributed by atoms with E-state index in [4.69, 9.17) is 4.98 Å². The average Bonchev–Trinajstić information content (AvgIpc) is 3.10. The number of fused-ring (bicyclic) bond motifs is 1. The summed E-state index contributed by atoms with van der Waals surface area (Å²) in [5.74, 6) is -1.35. The molecule has 4 aromatic rings. The Morgan fingerprint density at radius 2 is 1.52 bits per heavy atom. The maximum absolute atomic E-state index is 14.6. The third kappa shape index (κ3) is 8.66. The SMILES string of the molecule is C=C1C=C(CCc2cccc(F)c2F)N(CC(=O)N(CCN(CC)CC)Cc2ccc(-c3ccc(C(F)(F)F)cc3)cc2)c2nc(C)ccc21. The predicted molar refractivity (Wildman–Crippen MR) is 188 cm³/mol. The first-order valence-electron chi connectivity index (χ1n) is 16.7. The molecule has 0 saturated heterocycles. The van der Waals surface area contributed by atoms with Crippen LogP contribution in [0.4, 0.5) is 27.8 Å². The molecular formula is C40H41F5N4O. The minimum atomic E-state index is -4.40. The number of aromatic nitrogens is 1. The molecule has 5 rings (SSSR count). The molecule has 0 radical (unpaired) electrons. The van der Waals surface area contributed by atoms with Gasteiger partial charge in [-0.05, 0) is 97.1 Å². The molecule has 0 bridgehead atoms. The smallest absolute Gasteiger partial charge is 0.336 e. The zero-order valence-electron chi connectivity index (χ0n) is 28.5. The lowest BCUT2D eigenvalue weighted by Crippen LogP contribution is -2.44. The molecule has 0 saturated carbocycles. The van der Waals surface area contributed by atoms with Gasteiger partial charge in [-0.3, -0.25) is 4.79 Å². The molecule has 0 fully saturated rings. The van der Waals surface area contributed by atoms with E-state index in [0.717, 1.165) is 64.9 Å². The Labute approximate surface area is 290 Å². The predicted octanol–water partition coefficient (Wildman–Crippen LogP) is 9.07. The summed E-state index contributed by atoms with van der Waals surface area (Å²) in [7, 11) is 0. The fourth-order valence-corrected chi connectivity index (χ4v) is 6.08. The lowest BCUT2D eigenvalue weighted by Gasteiger charge is -2.34. The average molecular weight is 689 g/mol. The molecule has 0 N–H and O–H groups in total. The van der Waals surface area contributed by atoms with E-state index < -0.39 is 23.4 Å². The van der Waals surface area contributed by atoms with Crippen molar-refractivity contribution in [1.29, 1.82) is 0 Å². The summed E-state index contributed by atoms with van der Waals surface area (Å²) in [6, 6.07) is 20.4. The maximum atomic E-state index is 14.6. The first-order chi connectivity index (χ1) is 23.9. The number of carbonyl (C=O) groups is 1. The molecule has 0 atom stereocenters. The number of hydrogen-bond acceptors (Lipinski definition) is 4. The van der Waals surface area contributed by atoms with Crippen LogP contribution in [0.15, 0.2) is 97.2 Å². The molecule has 2 heterocycles. The van der Waals surface area contributed by atoms with E-state index in [1.165, 1.54) is 18.2 Å². The van der Waals surface area contributed by atoms with Crippen LogP contribution in [-0.2, 0) is 23.9 Å². The Morgan fingerprint density at radius 3 is 2.16 bits per heavy atom. The quantitative estimate of drug-likeness (QED) is 0.132. The monoisotopic (exact) mass is 688 g/mol. The van der Waals surface area contributed by atoms with Crippen LogP contribution >= 0.6 is 0 Å². The Bertz CT molecular complexity index is 1850. The molecule has 1 aliphatic rings. The maximum Gasteiger partial charge on any atom is 0.416 e. The van der Waals surface area contributed by atoms with Gasteiger partial charge in [-0.15, -0.1) is 0 Å². The highest BCUT2D eigenvalue weighted by Gasteiger charge is 2.30. The Hall–Kier alpha value is -4.83. The highest BCUT2D eigenvalue weighted by atomic mass is 19.4. The van der Waals surface area contributed by atoms with Gasteiger partial charge in [-0.25, -0.2) is 13.8 Å². The highest BCUT2D eigenvalue weighted by Crippen LogP contribution is 2.36. The van der Waals surface area contributed by atoms with E-state index in [2.05, 4.69) is 25.3 Å². The van der Waals surface area contributed by atoms with Crippen molar-refractivity contribution in [2.24, 2.45) is 0 Å². The number of likely N-dealkylation sites (N-methyl/N-ethyl adjacent to an activating group) is 1. The third-order valence-electron chi connectivity index (χ3n) is 9.09. The molecule has 5 nitrogen and oxygen atoms in total. The van der Waals surface area contributed by atoms with Crippen molar-refractivity contribution >= 4 is 17.3 Å². The number of pyridine rings is 1. The number of amides is 1. The molecule has 1 aromatic heterocycles. The molecule has 0 aliphatic carbocycles. The summed E-state index contributed by atoms with van der Waals surface area (Å²) in [6.45, 7) is 13.3. The van der Waals surface area contributed by atoms with Crippen LogP contribution in [0.5, 0.6) is 0 Å². The van der Waals surface area contributed by atoms with E-state index >= 15 is 0 Å². The second-order valence-electron chi connectivity index (χ2n) is 12.4. The normalized spacial score (nSPS) is 13.0. The first-order valence-corrected chi connectivity index (χ1v) is 16.7. The summed E-state index contributed by atoms with van der Waals surface area (Å²) < 4.78 is 67.8. The van der Waals surface area contributed by atoms with Crippen LogP contribution in [0.1, 0.15) is 48.2 Å². The number of halogens is 5. The second kappa shape index (κ2) is 15.8. The minimum Gasteiger partial charge on any atom is -0.336 e. The lowest BCUT2D eigenvalue weighted by molar-refractivity contribution is -0.137. The van der Waals surface area contributed by atoms with Gasteiger partial charge in [0, 0.05) is 36.6 Å². The fraction of sp³-hybridized carbons (Fsp3) is 0.300. The van der Waals surface area contributed by atoms with E-state index in [-0.39, 0.29) is 24.4 Å². The van der Waals surface area contributed by atoms with E-state index in [1.807, 2.05) is 54.3 Å². The van der Waals surface area contributed by atoms with Gasteiger partial charge in [0.05, 0.1) is 5.56 Å². The number of anilines is 1. The summed E-state index contributed by atoms with van der Waals surface area (Å²) in [4.78, 5) is 25.0. The van der Waals surface area contributed by atoms with Crippen molar-refractivity contribution < 1.29 is 26.7 Å². The molecule has 1 aliphatic heterocycles. The van der Waals surface area contributed by atoms with Crippen molar-refractivity contribution in [2.75, 3.05) is 37.6 Å². The van der Waals surface area contributed by atoms with E-state index in [1.54, 1.807) is 11.0 Å². The highest BCUT2D eigenvalue weighted by molar-refractivity contribution is 5.89. The standard InChI is InChI=1S/C40H41F5N4O/c1-5-47(6-2)22-23-48(25-29-11-13-30(14-12-29)31-15-18-33(19-16-31)40(43,44)45)37(50)26-49-34(20-17-32-8-7-9-36(41)38(32)42)24-27(3)35-21-10-28(4)46-39(35)49/h7-16,18-19,21,24H,3,5-6,17,20,22-23,25-26H2,1-2,4H3. The van der Waals surface area contributed by atoms with Crippen LogP contribution in [-0.4, -0.2) is 53.4 Å². The molecule has 1 amide bonds. The van der Waals surface area contributed by atoms with Gasteiger partial charge in [-0.1, -0.05) is 69.0 Å². The number of nitrogens with zero attached hydrogens (tertiary/aromatic N) is 4. The fourth-order valence-electron chi connectivity index (χ4n) is 6.08. The van der Waals surface area contributed by atoms with Gasteiger partial charge in [0.25, 0.3) is 0 Å². The molecule has 3 aromatic carbocycles. The van der Waals surface area contributed by atoms with Crippen LogP contribution in [0, 0.1) is 18.6 Å². The number of aryl methyl sites for hydroxylation is 2. The summed E-state index contributed by atoms with van der Waals surface area (Å²) in [5.41, 5.74) is 4.82. The molecular weight excluding hydrogens is 647 g/mol. The number of benzene rings is 3. The zero-order chi connectivity index (χ0) is 36.0. The van der Waals surface area contributed by atoms with Gasteiger partial charge in [0.1, 0.15) is 12.4 Å². The summed E-state index contributed by atoms with van der Waals surface area (Å²) >= 11 is 0. The molecule has 50 heavy (non-hydrogen) atoms. The largest absolute Gasteiger partial charge is 0.416 e. The van der Waals surface area contributed by atoms with Gasteiger partial charge in [0.2, 0.25) is 5.91 Å². The summed E-state index contributed by atoms with van der Waals surface area (Å²) in [5, 5.41) is 0. The van der Waals surface area contributed by atoms with Gasteiger partial charge in [-0.2, -0.15) is 13.2 Å². The van der Waals surface area contributed by atoms with Gasteiger partial charge >= 0.3 is 6.18 Å².